The lowest BCUT2D eigenvalue weighted by molar-refractivity contribution is -0.122. The minimum Gasteiger partial charge on any atom is -0.481 e. The van der Waals surface area contributed by atoms with Crippen molar-refractivity contribution in [2.75, 3.05) is 31.6 Å². The highest BCUT2D eigenvalue weighted by atomic mass is 19.1. The standard InChI is InChI=1S/C21H23FN2O4/c1-2-19(28-16-9-7-15(22)8-10-16)20(25)23-18-6-4-3-5-17(18)21(26)24-11-13-27-14-12-24/h3-10,19H,2,11-14H2,1H3,(H,23,25)/t19-/m0/s1. The summed E-state index contributed by atoms with van der Waals surface area (Å²) >= 11 is 0. The van der Waals surface area contributed by atoms with Gasteiger partial charge in [0.2, 0.25) is 0 Å². The molecule has 6 nitrogen and oxygen atoms in total. The van der Waals surface area contributed by atoms with Crippen LogP contribution in [0.25, 0.3) is 0 Å². The monoisotopic (exact) mass is 386 g/mol. The summed E-state index contributed by atoms with van der Waals surface area (Å²) in [4.78, 5) is 27.2. The van der Waals surface area contributed by atoms with E-state index in [1.165, 1.54) is 24.3 Å². The summed E-state index contributed by atoms with van der Waals surface area (Å²) in [5, 5.41) is 2.80. The Kier molecular flexibility index (Phi) is 6.60. The zero-order valence-corrected chi connectivity index (χ0v) is 15.7. The van der Waals surface area contributed by atoms with E-state index in [0.717, 1.165) is 0 Å². The van der Waals surface area contributed by atoms with Gasteiger partial charge in [0.15, 0.2) is 6.10 Å². The van der Waals surface area contributed by atoms with Crippen LogP contribution in [0.15, 0.2) is 48.5 Å². The number of nitrogens with one attached hydrogen (secondary N) is 1. The van der Waals surface area contributed by atoms with Crippen LogP contribution in [0.5, 0.6) is 5.75 Å². The first-order valence-corrected chi connectivity index (χ1v) is 9.27. The smallest absolute Gasteiger partial charge is 0.265 e. The summed E-state index contributed by atoms with van der Waals surface area (Å²) in [6, 6.07) is 12.4. The Morgan fingerprint density at radius 3 is 2.50 bits per heavy atom. The first kappa shape index (κ1) is 19.8. The number of amides is 2. The van der Waals surface area contributed by atoms with E-state index in [4.69, 9.17) is 9.47 Å². The van der Waals surface area contributed by atoms with Crippen LogP contribution in [0.4, 0.5) is 10.1 Å². The van der Waals surface area contributed by atoms with Gasteiger partial charge in [-0.1, -0.05) is 19.1 Å². The first-order valence-electron chi connectivity index (χ1n) is 9.27. The molecule has 0 unspecified atom stereocenters. The van der Waals surface area contributed by atoms with E-state index in [2.05, 4.69) is 5.32 Å². The van der Waals surface area contributed by atoms with E-state index in [-0.39, 0.29) is 17.6 Å². The number of rotatable bonds is 6. The molecule has 0 bridgehead atoms. The number of hydrogen-bond donors (Lipinski definition) is 1. The average molecular weight is 386 g/mol. The summed E-state index contributed by atoms with van der Waals surface area (Å²) in [7, 11) is 0. The summed E-state index contributed by atoms with van der Waals surface area (Å²) in [6.07, 6.45) is -0.347. The number of ether oxygens (including phenoxy) is 2. The average Bonchev–Trinajstić information content (AvgIpc) is 2.73. The van der Waals surface area contributed by atoms with E-state index in [1.54, 1.807) is 29.2 Å². The fraction of sp³-hybridized carbons (Fsp3) is 0.333. The van der Waals surface area contributed by atoms with Crippen molar-refractivity contribution in [3.05, 3.63) is 59.9 Å². The molecule has 2 amide bonds. The number of hydrogen-bond acceptors (Lipinski definition) is 4. The molecule has 2 aromatic rings. The van der Waals surface area contributed by atoms with Gasteiger partial charge in [-0.3, -0.25) is 9.59 Å². The topological polar surface area (TPSA) is 67.9 Å². The molecule has 0 spiro atoms. The zero-order valence-electron chi connectivity index (χ0n) is 15.7. The molecule has 28 heavy (non-hydrogen) atoms. The van der Waals surface area contributed by atoms with Crippen LogP contribution >= 0.6 is 0 Å². The molecule has 0 saturated carbocycles. The number of anilines is 1. The maximum absolute atomic E-state index is 13.0. The molecule has 1 fully saturated rings. The lowest BCUT2D eigenvalue weighted by atomic mass is 10.1. The van der Waals surface area contributed by atoms with Gasteiger partial charge in [-0.25, -0.2) is 4.39 Å². The first-order chi connectivity index (χ1) is 13.6. The molecular weight excluding hydrogens is 363 g/mol. The molecule has 1 atom stereocenters. The summed E-state index contributed by atoms with van der Waals surface area (Å²) in [5.41, 5.74) is 0.861. The fourth-order valence-electron chi connectivity index (χ4n) is 2.93. The number of nitrogens with zero attached hydrogens (tertiary/aromatic N) is 1. The van der Waals surface area contributed by atoms with Gasteiger partial charge in [-0.2, -0.15) is 0 Å². The summed E-state index contributed by atoms with van der Waals surface area (Å²) < 4.78 is 24.0. The van der Waals surface area contributed by atoms with E-state index in [0.29, 0.717) is 49.7 Å². The third-order valence-corrected chi connectivity index (χ3v) is 4.47. The molecule has 0 radical (unpaired) electrons. The SMILES string of the molecule is CC[C@H](Oc1ccc(F)cc1)C(=O)Nc1ccccc1C(=O)N1CCOCC1. The van der Waals surface area contributed by atoms with Crippen molar-refractivity contribution in [2.45, 2.75) is 19.4 Å². The molecule has 148 valence electrons. The Balaban J connectivity index is 1.72. The van der Waals surface area contributed by atoms with Crippen LogP contribution in [-0.4, -0.2) is 49.1 Å². The number of benzene rings is 2. The molecule has 1 N–H and O–H groups in total. The second kappa shape index (κ2) is 9.32. The van der Waals surface area contributed by atoms with Gasteiger partial charge in [0.25, 0.3) is 11.8 Å². The maximum atomic E-state index is 13.0. The van der Waals surface area contributed by atoms with Gasteiger partial charge in [0.1, 0.15) is 11.6 Å². The molecule has 1 aliphatic rings. The summed E-state index contributed by atoms with van der Waals surface area (Å²) in [5.74, 6) is -0.484. The predicted octanol–water partition coefficient (Wildman–Crippen LogP) is 3.09. The third kappa shape index (κ3) is 4.86. The van der Waals surface area contributed by atoms with Gasteiger partial charge in [0.05, 0.1) is 24.5 Å². The molecule has 0 aliphatic carbocycles. The van der Waals surface area contributed by atoms with Gasteiger partial charge in [-0.15, -0.1) is 0 Å². The van der Waals surface area contributed by atoms with Crippen LogP contribution in [0.1, 0.15) is 23.7 Å². The van der Waals surface area contributed by atoms with Crippen molar-refractivity contribution in [3.63, 3.8) is 0 Å². The molecule has 1 saturated heterocycles. The Bertz CT molecular complexity index is 819. The van der Waals surface area contributed by atoms with Crippen molar-refractivity contribution >= 4 is 17.5 Å². The van der Waals surface area contributed by atoms with Crippen LogP contribution in [0.3, 0.4) is 0 Å². The minimum atomic E-state index is -0.767. The molecule has 0 aromatic heterocycles. The number of halogens is 1. The molecule has 7 heteroatoms. The lowest BCUT2D eigenvalue weighted by Crippen LogP contribution is -2.41. The predicted molar refractivity (Wildman–Crippen MR) is 103 cm³/mol. The van der Waals surface area contributed by atoms with Gasteiger partial charge in [0, 0.05) is 13.1 Å². The molecule has 2 aromatic carbocycles. The van der Waals surface area contributed by atoms with Crippen molar-refractivity contribution in [1.29, 1.82) is 0 Å². The molecule has 1 heterocycles. The van der Waals surface area contributed by atoms with Gasteiger partial charge < -0.3 is 19.7 Å². The third-order valence-electron chi connectivity index (χ3n) is 4.47. The van der Waals surface area contributed by atoms with Crippen LogP contribution in [-0.2, 0) is 9.53 Å². The highest BCUT2D eigenvalue weighted by Gasteiger charge is 2.24. The Labute approximate surface area is 163 Å². The van der Waals surface area contributed by atoms with E-state index >= 15 is 0 Å². The van der Waals surface area contributed by atoms with Crippen molar-refractivity contribution in [1.82, 2.24) is 4.90 Å². The van der Waals surface area contributed by atoms with Crippen LogP contribution < -0.4 is 10.1 Å². The van der Waals surface area contributed by atoms with Gasteiger partial charge in [-0.05, 0) is 42.8 Å². The Morgan fingerprint density at radius 1 is 1.14 bits per heavy atom. The number of morpholine rings is 1. The number of para-hydroxylation sites is 1. The summed E-state index contributed by atoms with van der Waals surface area (Å²) in [6.45, 7) is 3.87. The van der Waals surface area contributed by atoms with Crippen molar-refractivity contribution in [2.24, 2.45) is 0 Å². The Hall–Kier alpha value is -2.93. The largest absolute Gasteiger partial charge is 0.481 e. The van der Waals surface area contributed by atoms with Crippen molar-refractivity contribution < 1.29 is 23.5 Å². The van der Waals surface area contributed by atoms with E-state index < -0.39 is 6.10 Å². The highest BCUT2D eigenvalue weighted by molar-refractivity contribution is 6.04. The quantitative estimate of drug-likeness (QED) is 0.828. The molecular formula is C21H23FN2O4. The number of carbonyl (C=O) groups is 2. The molecule has 1 aliphatic heterocycles. The maximum Gasteiger partial charge on any atom is 0.265 e. The normalized spacial score (nSPS) is 15.0. The van der Waals surface area contributed by atoms with Crippen LogP contribution in [0.2, 0.25) is 0 Å². The zero-order chi connectivity index (χ0) is 19.9. The minimum absolute atomic E-state index is 0.147. The second-order valence-corrected chi connectivity index (χ2v) is 6.41. The lowest BCUT2D eigenvalue weighted by Gasteiger charge is -2.27. The van der Waals surface area contributed by atoms with Gasteiger partial charge >= 0.3 is 0 Å². The Morgan fingerprint density at radius 2 is 1.82 bits per heavy atom. The van der Waals surface area contributed by atoms with Crippen molar-refractivity contribution in [3.8, 4) is 5.75 Å². The highest BCUT2D eigenvalue weighted by Crippen LogP contribution is 2.20. The van der Waals surface area contributed by atoms with E-state index in [1.807, 2.05) is 6.92 Å². The second-order valence-electron chi connectivity index (χ2n) is 6.41. The molecule has 3 rings (SSSR count). The van der Waals surface area contributed by atoms with Crippen LogP contribution in [0, 0.1) is 5.82 Å². The number of carbonyl (C=O) groups excluding carboxylic acids is 2. The van der Waals surface area contributed by atoms with E-state index in [9.17, 15) is 14.0 Å². The fourth-order valence-corrected chi connectivity index (χ4v) is 2.93.